The van der Waals surface area contributed by atoms with Crippen LogP contribution in [0.5, 0.6) is 0 Å². The van der Waals surface area contributed by atoms with Crippen LogP contribution in [0.4, 0.5) is 0 Å². The van der Waals surface area contributed by atoms with Gasteiger partial charge in [-0.2, -0.15) is 0 Å². The molecule has 0 spiro atoms. The molecule has 0 saturated heterocycles. The summed E-state index contributed by atoms with van der Waals surface area (Å²) in [5, 5.41) is 3.62. The van der Waals surface area contributed by atoms with E-state index in [1.54, 1.807) is 0 Å². The van der Waals surface area contributed by atoms with Crippen molar-refractivity contribution in [2.45, 2.75) is 65.5 Å². The van der Waals surface area contributed by atoms with Crippen LogP contribution >= 0.6 is 0 Å². The van der Waals surface area contributed by atoms with E-state index in [0.717, 1.165) is 12.5 Å². The summed E-state index contributed by atoms with van der Waals surface area (Å²) in [5.74, 6) is 1.01. The molecule has 0 radical (unpaired) electrons. The molecule has 0 aromatic heterocycles. The van der Waals surface area contributed by atoms with Crippen LogP contribution in [0.25, 0.3) is 0 Å². The van der Waals surface area contributed by atoms with Gasteiger partial charge in [0.25, 0.3) is 0 Å². The predicted octanol–water partition coefficient (Wildman–Crippen LogP) is 2.89. The second kappa shape index (κ2) is 7.29. The Hall–Kier alpha value is -0.0800. The fourth-order valence-electron chi connectivity index (χ4n) is 2.55. The zero-order valence-electron chi connectivity index (χ0n) is 11.6. The minimum atomic E-state index is 0.662. The maximum atomic E-state index is 3.62. The Bertz CT molecular complexity index is 178. The van der Waals surface area contributed by atoms with Gasteiger partial charge in [-0.3, -0.25) is 4.90 Å². The third-order valence-corrected chi connectivity index (χ3v) is 3.76. The maximum Gasteiger partial charge on any atom is 0.0221 e. The molecular formula is C14H30N2. The lowest BCUT2D eigenvalue weighted by Gasteiger charge is -2.35. The molecule has 2 atom stereocenters. The lowest BCUT2D eigenvalue weighted by atomic mass is 10.0. The molecule has 96 valence electrons. The highest BCUT2D eigenvalue weighted by molar-refractivity contribution is 4.84. The summed E-state index contributed by atoms with van der Waals surface area (Å²) in [6.07, 6.45) is 5.44. The first-order chi connectivity index (χ1) is 7.72. The number of hydrogen-bond donors (Lipinski definition) is 1. The van der Waals surface area contributed by atoms with Gasteiger partial charge < -0.3 is 5.32 Å². The van der Waals surface area contributed by atoms with Gasteiger partial charge in [0, 0.05) is 18.6 Å². The van der Waals surface area contributed by atoms with Gasteiger partial charge in [-0.25, -0.2) is 0 Å². The van der Waals surface area contributed by atoms with E-state index in [0.29, 0.717) is 12.1 Å². The second-order valence-electron chi connectivity index (χ2n) is 5.25. The van der Waals surface area contributed by atoms with E-state index in [2.05, 4.69) is 37.9 Å². The van der Waals surface area contributed by atoms with Crippen molar-refractivity contribution in [3.8, 4) is 0 Å². The zero-order valence-corrected chi connectivity index (χ0v) is 11.6. The molecular weight excluding hydrogens is 196 g/mol. The van der Waals surface area contributed by atoms with Crippen LogP contribution in [0.15, 0.2) is 0 Å². The first-order valence-corrected chi connectivity index (χ1v) is 7.20. The van der Waals surface area contributed by atoms with Crippen molar-refractivity contribution in [3.63, 3.8) is 0 Å². The van der Waals surface area contributed by atoms with Gasteiger partial charge in [0.2, 0.25) is 0 Å². The van der Waals surface area contributed by atoms with Crippen LogP contribution < -0.4 is 5.32 Å². The van der Waals surface area contributed by atoms with Gasteiger partial charge in [-0.05, 0) is 51.6 Å². The van der Waals surface area contributed by atoms with Crippen molar-refractivity contribution in [2.75, 3.05) is 19.6 Å². The summed E-state index contributed by atoms with van der Waals surface area (Å²) in [5.41, 5.74) is 0. The largest absolute Gasteiger partial charge is 0.313 e. The molecule has 0 aromatic rings. The van der Waals surface area contributed by atoms with Gasteiger partial charge in [0.1, 0.15) is 0 Å². The van der Waals surface area contributed by atoms with Crippen molar-refractivity contribution >= 4 is 0 Å². The molecule has 2 heteroatoms. The molecule has 0 aromatic carbocycles. The number of rotatable bonds is 9. The van der Waals surface area contributed by atoms with Crippen LogP contribution in [-0.2, 0) is 0 Å². The average molecular weight is 226 g/mol. The summed E-state index contributed by atoms with van der Waals surface area (Å²) in [6.45, 7) is 12.9. The SMILES string of the molecule is CCCN(CC1CC1)C(C)C(CC)NCC. The van der Waals surface area contributed by atoms with Crippen LogP contribution in [0, 0.1) is 5.92 Å². The van der Waals surface area contributed by atoms with Crippen molar-refractivity contribution in [2.24, 2.45) is 5.92 Å². The molecule has 16 heavy (non-hydrogen) atoms. The second-order valence-corrected chi connectivity index (χ2v) is 5.25. The molecule has 1 fully saturated rings. The Balaban J connectivity index is 2.44. The Morgan fingerprint density at radius 1 is 1.25 bits per heavy atom. The van der Waals surface area contributed by atoms with E-state index in [4.69, 9.17) is 0 Å². The molecule has 1 N–H and O–H groups in total. The Morgan fingerprint density at radius 3 is 2.38 bits per heavy atom. The topological polar surface area (TPSA) is 15.3 Å². The summed E-state index contributed by atoms with van der Waals surface area (Å²) in [7, 11) is 0. The van der Waals surface area contributed by atoms with E-state index in [1.807, 2.05) is 0 Å². The quantitative estimate of drug-likeness (QED) is 0.650. The smallest absolute Gasteiger partial charge is 0.0221 e. The maximum absolute atomic E-state index is 3.62. The third kappa shape index (κ3) is 4.42. The third-order valence-electron chi connectivity index (χ3n) is 3.76. The van der Waals surface area contributed by atoms with E-state index in [1.165, 1.54) is 38.8 Å². The fraction of sp³-hybridized carbons (Fsp3) is 1.00. The number of nitrogens with one attached hydrogen (secondary N) is 1. The Labute approximate surface area is 102 Å². The monoisotopic (exact) mass is 226 g/mol. The van der Waals surface area contributed by atoms with Crippen LogP contribution in [0.2, 0.25) is 0 Å². The van der Waals surface area contributed by atoms with Crippen molar-refractivity contribution in [1.29, 1.82) is 0 Å². The van der Waals surface area contributed by atoms with Crippen molar-refractivity contribution in [3.05, 3.63) is 0 Å². The predicted molar refractivity (Wildman–Crippen MR) is 71.8 cm³/mol. The highest BCUT2D eigenvalue weighted by Crippen LogP contribution is 2.30. The molecule has 0 bridgehead atoms. The van der Waals surface area contributed by atoms with Gasteiger partial charge in [0.15, 0.2) is 0 Å². The molecule has 2 unspecified atom stereocenters. The van der Waals surface area contributed by atoms with Crippen molar-refractivity contribution in [1.82, 2.24) is 10.2 Å². The molecule has 0 aliphatic heterocycles. The molecule has 2 nitrogen and oxygen atoms in total. The molecule has 0 heterocycles. The molecule has 1 aliphatic rings. The van der Waals surface area contributed by atoms with E-state index >= 15 is 0 Å². The first-order valence-electron chi connectivity index (χ1n) is 7.20. The van der Waals surface area contributed by atoms with E-state index in [-0.39, 0.29) is 0 Å². The molecule has 0 amide bonds. The van der Waals surface area contributed by atoms with Gasteiger partial charge in [0.05, 0.1) is 0 Å². The molecule has 1 saturated carbocycles. The van der Waals surface area contributed by atoms with Gasteiger partial charge in [-0.1, -0.05) is 20.8 Å². The highest BCUT2D eigenvalue weighted by atomic mass is 15.2. The molecule has 1 rings (SSSR count). The zero-order chi connectivity index (χ0) is 12.0. The first kappa shape index (κ1) is 14.0. The van der Waals surface area contributed by atoms with Crippen LogP contribution in [0.3, 0.4) is 0 Å². The minimum Gasteiger partial charge on any atom is -0.313 e. The van der Waals surface area contributed by atoms with Crippen LogP contribution in [0.1, 0.15) is 53.4 Å². The van der Waals surface area contributed by atoms with Gasteiger partial charge >= 0.3 is 0 Å². The summed E-state index contributed by atoms with van der Waals surface area (Å²) in [6, 6.07) is 1.35. The lowest BCUT2D eigenvalue weighted by molar-refractivity contribution is 0.160. The lowest BCUT2D eigenvalue weighted by Crippen LogP contribution is -2.49. The normalized spacial score (nSPS) is 20.1. The van der Waals surface area contributed by atoms with Crippen molar-refractivity contribution < 1.29 is 0 Å². The van der Waals surface area contributed by atoms with Gasteiger partial charge in [-0.15, -0.1) is 0 Å². The standard InChI is InChI=1S/C14H30N2/c1-5-10-16(11-13-8-9-13)12(4)14(6-2)15-7-3/h12-15H,5-11H2,1-4H3. The molecule has 1 aliphatic carbocycles. The fourth-order valence-corrected chi connectivity index (χ4v) is 2.55. The highest BCUT2D eigenvalue weighted by Gasteiger charge is 2.28. The van der Waals surface area contributed by atoms with E-state index < -0.39 is 0 Å². The Morgan fingerprint density at radius 2 is 1.94 bits per heavy atom. The summed E-state index contributed by atoms with van der Waals surface area (Å²) < 4.78 is 0. The number of likely N-dealkylation sites (N-methyl/N-ethyl adjacent to an activating group) is 1. The van der Waals surface area contributed by atoms with Crippen LogP contribution in [-0.4, -0.2) is 36.6 Å². The Kier molecular flexibility index (Phi) is 6.37. The minimum absolute atomic E-state index is 0.662. The number of nitrogens with zero attached hydrogens (tertiary/aromatic N) is 1. The summed E-state index contributed by atoms with van der Waals surface area (Å²) in [4.78, 5) is 2.70. The van der Waals surface area contributed by atoms with E-state index in [9.17, 15) is 0 Å². The average Bonchev–Trinajstić information content (AvgIpc) is 3.08. The number of hydrogen-bond acceptors (Lipinski definition) is 2. The summed E-state index contributed by atoms with van der Waals surface area (Å²) >= 11 is 0.